The molecule has 2 heteroatoms. The lowest BCUT2D eigenvalue weighted by Gasteiger charge is -2.36. The summed E-state index contributed by atoms with van der Waals surface area (Å²) in [5.74, 6) is 0.598. The van der Waals surface area contributed by atoms with Gasteiger partial charge in [-0.3, -0.25) is 0 Å². The predicted octanol–water partition coefficient (Wildman–Crippen LogP) is 3.64. The lowest BCUT2D eigenvalue weighted by Crippen LogP contribution is -2.47. The molecule has 1 aliphatic rings. The molecule has 0 amide bonds. The molecule has 2 nitrogen and oxygen atoms in total. The van der Waals surface area contributed by atoms with Gasteiger partial charge in [-0.05, 0) is 56.1 Å². The summed E-state index contributed by atoms with van der Waals surface area (Å²) in [5.41, 5.74) is 9.26. The zero-order chi connectivity index (χ0) is 13.9. The standard InChI is InChI=1S/C17H27NO/c1-4-17(2,19-3)16(18)12-14-10-7-9-13-8-5-6-11-15(13)14/h5-6,8,11,14,16H,4,7,9-10,12,18H2,1-3H3. The van der Waals surface area contributed by atoms with Gasteiger partial charge in [-0.25, -0.2) is 0 Å². The molecule has 0 saturated carbocycles. The number of methoxy groups -OCH3 is 1. The molecule has 0 aromatic heterocycles. The number of fused-ring (bicyclic) bond motifs is 1. The molecule has 0 heterocycles. The topological polar surface area (TPSA) is 35.2 Å². The lowest BCUT2D eigenvalue weighted by atomic mass is 9.77. The number of aryl methyl sites for hydroxylation is 1. The first-order chi connectivity index (χ1) is 9.10. The summed E-state index contributed by atoms with van der Waals surface area (Å²) < 4.78 is 5.65. The average Bonchev–Trinajstić information content (AvgIpc) is 2.46. The van der Waals surface area contributed by atoms with Gasteiger partial charge in [0, 0.05) is 13.2 Å². The third kappa shape index (κ3) is 3.01. The van der Waals surface area contributed by atoms with Crippen molar-refractivity contribution in [3.8, 4) is 0 Å². The maximum absolute atomic E-state index is 6.44. The molecule has 1 aromatic rings. The minimum absolute atomic E-state index is 0.0960. The second-order valence-corrected chi connectivity index (χ2v) is 6.00. The monoisotopic (exact) mass is 261 g/mol. The van der Waals surface area contributed by atoms with Crippen molar-refractivity contribution in [2.45, 2.75) is 63.5 Å². The first kappa shape index (κ1) is 14.5. The van der Waals surface area contributed by atoms with Gasteiger partial charge in [0.1, 0.15) is 0 Å². The summed E-state index contributed by atoms with van der Waals surface area (Å²) >= 11 is 0. The summed E-state index contributed by atoms with van der Waals surface area (Å²) in [7, 11) is 1.78. The molecule has 0 aliphatic heterocycles. The van der Waals surface area contributed by atoms with Gasteiger partial charge in [0.25, 0.3) is 0 Å². The summed E-state index contributed by atoms with van der Waals surface area (Å²) in [6.45, 7) is 4.28. The summed E-state index contributed by atoms with van der Waals surface area (Å²) in [6, 6.07) is 8.94. The van der Waals surface area contributed by atoms with Gasteiger partial charge in [0.05, 0.1) is 5.60 Å². The van der Waals surface area contributed by atoms with E-state index in [-0.39, 0.29) is 11.6 Å². The van der Waals surface area contributed by atoms with Crippen molar-refractivity contribution in [1.29, 1.82) is 0 Å². The summed E-state index contributed by atoms with van der Waals surface area (Å²) in [4.78, 5) is 0. The SMILES string of the molecule is CCC(C)(OC)C(N)CC1CCCc2ccccc21. The van der Waals surface area contributed by atoms with Gasteiger partial charge in [0.2, 0.25) is 0 Å². The Balaban J connectivity index is 2.12. The number of hydrogen-bond donors (Lipinski definition) is 1. The van der Waals surface area contributed by atoms with Crippen molar-refractivity contribution < 1.29 is 4.74 Å². The van der Waals surface area contributed by atoms with Crippen LogP contribution in [0, 0.1) is 0 Å². The van der Waals surface area contributed by atoms with Crippen molar-refractivity contribution in [3.63, 3.8) is 0 Å². The van der Waals surface area contributed by atoms with E-state index < -0.39 is 0 Å². The summed E-state index contributed by atoms with van der Waals surface area (Å²) in [5, 5.41) is 0. The molecule has 0 spiro atoms. The van der Waals surface area contributed by atoms with Gasteiger partial charge in [0.15, 0.2) is 0 Å². The highest BCUT2D eigenvalue weighted by molar-refractivity contribution is 5.32. The van der Waals surface area contributed by atoms with Crippen LogP contribution >= 0.6 is 0 Å². The van der Waals surface area contributed by atoms with Crippen LogP contribution in [0.25, 0.3) is 0 Å². The predicted molar refractivity (Wildman–Crippen MR) is 80.4 cm³/mol. The van der Waals surface area contributed by atoms with Crippen molar-refractivity contribution in [2.75, 3.05) is 7.11 Å². The number of ether oxygens (including phenoxy) is 1. The maximum atomic E-state index is 6.44. The van der Waals surface area contributed by atoms with Gasteiger partial charge in [-0.2, -0.15) is 0 Å². The van der Waals surface area contributed by atoms with Crippen LogP contribution in [-0.2, 0) is 11.2 Å². The van der Waals surface area contributed by atoms with E-state index in [2.05, 4.69) is 38.1 Å². The molecular formula is C17H27NO. The number of hydrogen-bond acceptors (Lipinski definition) is 2. The molecule has 1 aromatic carbocycles. The molecule has 106 valence electrons. The maximum Gasteiger partial charge on any atom is 0.0798 e. The van der Waals surface area contributed by atoms with Crippen molar-refractivity contribution in [2.24, 2.45) is 5.73 Å². The fourth-order valence-corrected chi connectivity index (χ4v) is 3.21. The van der Waals surface area contributed by atoms with E-state index >= 15 is 0 Å². The van der Waals surface area contributed by atoms with Gasteiger partial charge in [-0.15, -0.1) is 0 Å². The Hall–Kier alpha value is -0.860. The van der Waals surface area contributed by atoms with Crippen LogP contribution < -0.4 is 5.73 Å². The Morgan fingerprint density at radius 2 is 2.16 bits per heavy atom. The zero-order valence-electron chi connectivity index (χ0n) is 12.5. The average molecular weight is 261 g/mol. The minimum Gasteiger partial charge on any atom is -0.377 e. The molecule has 2 N–H and O–H groups in total. The molecule has 0 saturated heterocycles. The van der Waals surface area contributed by atoms with Crippen LogP contribution in [0.2, 0.25) is 0 Å². The fourth-order valence-electron chi connectivity index (χ4n) is 3.21. The molecule has 0 radical (unpaired) electrons. The Bertz CT molecular complexity index is 411. The minimum atomic E-state index is -0.202. The molecule has 3 atom stereocenters. The van der Waals surface area contributed by atoms with Crippen molar-refractivity contribution >= 4 is 0 Å². The second kappa shape index (κ2) is 6.06. The van der Waals surface area contributed by atoms with E-state index in [0.29, 0.717) is 5.92 Å². The van der Waals surface area contributed by atoms with E-state index in [1.165, 1.54) is 30.4 Å². The molecule has 0 bridgehead atoms. The molecular weight excluding hydrogens is 234 g/mol. The molecule has 2 rings (SSSR count). The highest BCUT2D eigenvalue weighted by Gasteiger charge is 2.33. The van der Waals surface area contributed by atoms with Crippen LogP contribution in [0.1, 0.15) is 56.6 Å². The lowest BCUT2D eigenvalue weighted by molar-refractivity contribution is -0.0225. The number of rotatable bonds is 5. The van der Waals surface area contributed by atoms with Gasteiger partial charge < -0.3 is 10.5 Å². The van der Waals surface area contributed by atoms with Crippen LogP contribution in [0.4, 0.5) is 0 Å². The van der Waals surface area contributed by atoms with E-state index in [9.17, 15) is 0 Å². The second-order valence-electron chi connectivity index (χ2n) is 6.00. The normalized spacial score (nSPS) is 23.5. The molecule has 1 aliphatic carbocycles. The van der Waals surface area contributed by atoms with Gasteiger partial charge >= 0.3 is 0 Å². The van der Waals surface area contributed by atoms with Gasteiger partial charge in [-0.1, -0.05) is 31.2 Å². The first-order valence-corrected chi connectivity index (χ1v) is 7.49. The van der Waals surface area contributed by atoms with E-state index in [4.69, 9.17) is 10.5 Å². The quantitative estimate of drug-likeness (QED) is 0.878. The van der Waals surface area contributed by atoms with Crippen molar-refractivity contribution in [1.82, 2.24) is 0 Å². The Morgan fingerprint density at radius 3 is 2.84 bits per heavy atom. The van der Waals surface area contributed by atoms with Crippen LogP contribution in [-0.4, -0.2) is 18.8 Å². The largest absolute Gasteiger partial charge is 0.377 e. The zero-order valence-corrected chi connectivity index (χ0v) is 12.5. The van der Waals surface area contributed by atoms with E-state index in [0.717, 1.165) is 12.8 Å². The third-order valence-electron chi connectivity index (χ3n) is 4.98. The van der Waals surface area contributed by atoms with E-state index in [1.54, 1.807) is 7.11 Å². The highest BCUT2D eigenvalue weighted by Crippen LogP contribution is 2.36. The Morgan fingerprint density at radius 1 is 1.42 bits per heavy atom. The smallest absolute Gasteiger partial charge is 0.0798 e. The van der Waals surface area contributed by atoms with Crippen LogP contribution in [0.3, 0.4) is 0 Å². The molecule has 3 unspecified atom stereocenters. The highest BCUT2D eigenvalue weighted by atomic mass is 16.5. The number of nitrogens with two attached hydrogens (primary N) is 1. The van der Waals surface area contributed by atoms with Crippen LogP contribution in [0.15, 0.2) is 24.3 Å². The first-order valence-electron chi connectivity index (χ1n) is 7.49. The molecule has 0 fully saturated rings. The Labute approximate surface area is 117 Å². The fraction of sp³-hybridized carbons (Fsp3) is 0.647. The van der Waals surface area contributed by atoms with Crippen molar-refractivity contribution in [3.05, 3.63) is 35.4 Å². The van der Waals surface area contributed by atoms with Crippen LogP contribution in [0.5, 0.6) is 0 Å². The van der Waals surface area contributed by atoms with E-state index in [1.807, 2.05) is 0 Å². The molecule has 19 heavy (non-hydrogen) atoms. The Kier molecular flexibility index (Phi) is 4.64. The third-order valence-corrected chi connectivity index (χ3v) is 4.98. The summed E-state index contributed by atoms with van der Waals surface area (Å²) in [6.07, 6.45) is 5.74. The number of benzene rings is 1.